The van der Waals surface area contributed by atoms with E-state index in [1.165, 1.54) is 24.9 Å². The third-order valence-corrected chi connectivity index (χ3v) is 5.53. The summed E-state index contributed by atoms with van der Waals surface area (Å²) in [5.41, 5.74) is 0.286. The first-order chi connectivity index (χ1) is 13.2. The molecule has 0 unspecified atom stereocenters. The highest BCUT2D eigenvalue weighted by Crippen LogP contribution is 2.25. The average Bonchev–Trinajstić information content (AvgIpc) is 3.20. The van der Waals surface area contributed by atoms with Gasteiger partial charge in [-0.2, -0.15) is 0 Å². The lowest BCUT2D eigenvalue weighted by molar-refractivity contribution is -0.137. The Labute approximate surface area is 163 Å². The minimum absolute atomic E-state index is 0.00422. The van der Waals surface area contributed by atoms with Crippen molar-refractivity contribution >= 4 is 23.2 Å². The molecule has 0 aliphatic heterocycles. The van der Waals surface area contributed by atoms with Crippen LogP contribution in [0.25, 0.3) is 0 Å². The number of methoxy groups -OCH3 is 1. The Morgan fingerprint density at radius 1 is 1.19 bits per heavy atom. The molecule has 1 aliphatic rings. The van der Waals surface area contributed by atoms with Crippen molar-refractivity contribution in [1.29, 1.82) is 0 Å². The van der Waals surface area contributed by atoms with Gasteiger partial charge in [-0.3, -0.25) is 4.79 Å². The van der Waals surface area contributed by atoms with E-state index in [0.717, 1.165) is 30.7 Å². The lowest BCUT2D eigenvalue weighted by atomic mass is 9.94. The van der Waals surface area contributed by atoms with E-state index in [-0.39, 0.29) is 24.2 Å². The van der Waals surface area contributed by atoms with E-state index >= 15 is 0 Å². The normalized spacial score (nSPS) is 14.6. The van der Waals surface area contributed by atoms with Gasteiger partial charge in [0, 0.05) is 11.4 Å². The fourth-order valence-corrected chi connectivity index (χ4v) is 4.05. The maximum Gasteiger partial charge on any atom is 0.357 e. The predicted octanol–water partition coefficient (Wildman–Crippen LogP) is 3.67. The van der Waals surface area contributed by atoms with Crippen molar-refractivity contribution in [1.82, 2.24) is 9.88 Å². The number of thiazole rings is 1. The van der Waals surface area contributed by atoms with E-state index < -0.39 is 5.97 Å². The van der Waals surface area contributed by atoms with Crippen LogP contribution in [0, 0.1) is 0 Å². The average molecular weight is 388 g/mol. The van der Waals surface area contributed by atoms with Crippen molar-refractivity contribution in [3.05, 3.63) is 46.4 Å². The monoisotopic (exact) mass is 388 g/mol. The molecule has 2 aromatic rings. The molecule has 1 amide bonds. The Balaban J connectivity index is 1.69. The summed E-state index contributed by atoms with van der Waals surface area (Å²) in [4.78, 5) is 30.7. The molecule has 0 saturated heterocycles. The molecule has 3 rings (SSSR count). The maximum atomic E-state index is 12.9. The van der Waals surface area contributed by atoms with Gasteiger partial charge in [-0.25, -0.2) is 9.78 Å². The number of aromatic nitrogens is 1. The zero-order valence-corrected chi connectivity index (χ0v) is 16.2. The number of esters is 1. The molecule has 7 heteroatoms. The number of hydrogen-bond acceptors (Lipinski definition) is 6. The number of carbonyl (C=O) groups is 2. The Hall–Kier alpha value is -2.41. The maximum absolute atomic E-state index is 12.9. The summed E-state index contributed by atoms with van der Waals surface area (Å²) in [6.07, 6.45) is 5.44. The second kappa shape index (κ2) is 9.50. The van der Waals surface area contributed by atoms with Crippen molar-refractivity contribution < 1.29 is 19.1 Å². The zero-order chi connectivity index (χ0) is 19.1. The van der Waals surface area contributed by atoms with Gasteiger partial charge in [0.05, 0.1) is 13.7 Å². The Morgan fingerprint density at radius 3 is 2.63 bits per heavy atom. The molecule has 1 saturated carbocycles. The van der Waals surface area contributed by atoms with Crippen molar-refractivity contribution in [3.8, 4) is 5.75 Å². The summed E-state index contributed by atoms with van der Waals surface area (Å²) in [7, 11) is 1.33. The second-order valence-electron chi connectivity index (χ2n) is 6.53. The number of rotatable bonds is 7. The van der Waals surface area contributed by atoms with Gasteiger partial charge >= 0.3 is 5.97 Å². The van der Waals surface area contributed by atoms with Gasteiger partial charge in [0.1, 0.15) is 10.8 Å². The highest BCUT2D eigenvalue weighted by molar-refractivity contribution is 7.09. The lowest BCUT2D eigenvalue weighted by Crippen LogP contribution is -2.43. The Morgan fingerprint density at radius 2 is 1.93 bits per heavy atom. The third kappa shape index (κ3) is 5.29. The van der Waals surface area contributed by atoms with E-state index in [4.69, 9.17) is 9.47 Å². The van der Waals surface area contributed by atoms with Gasteiger partial charge in [-0.15, -0.1) is 11.3 Å². The number of nitrogens with zero attached hydrogens (tertiary/aromatic N) is 2. The third-order valence-electron chi connectivity index (χ3n) is 4.69. The van der Waals surface area contributed by atoms with Gasteiger partial charge in [-0.05, 0) is 25.0 Å². The van der Waals surface area contributed by atoms with E-state index in [1.807, 2.05) is 35.2 Å². The van der Waals surface area contributed by atoms with Gasteiger partial charge in [0.25, 0.3) is 5.91 Å². The molecule has 0 bridgehead atoms. The molecule has 1 aromatic heterocycles. The van der Waals surface area contributed by atoms with E-state index in [0.29, 0.717) is 12.3 Å². The predicted molar refractivity (Wildman–Crippen MR) is 103 cm³/mol. The quantitative estimate of drug-likeness (QED) is 0.677. The number of para-hydroxylation sites is 1. The SMILES string of the molecule is COC(=O)c1csc(CN(C(=O)COc2ccccc2)C2CCCCC2)n1. The Kier molecular flexibility index (Phi) is 6.81. The summed E-state index contributed by atoms with van der Waals surface area (Å²) in [6, 6.07) is 9.52. The number of hydrogen-bond donors (Lipinski definition) is 0. The van der Waals surface area contributed by atoms with Crippen LogP contribution in [0.15, 0.2) is 35.7 Å². The molecule has 144 valence electrons. The van der Waals surface area contributed by atoms with Gasteiger partial charge in [-0.1, -0.05) is 37.5 Å². The van der Waals surface area contributed by atoms with Crippen molar-refractivity contribution in [2.24, 2.45) is 0 Å². The van der Waals surface area contributed by atoms with Crippen LogP contribution >= 0.6 is 11.3 Å². The fraction of sp³-hybridized carbons (Fsp3) is 0.450. The van der Waals surface area contributed by atoms with Crippen LogP contribution in [0.4, 0.5) is 0 Å². The van der Waals surface area contributed by atoms with Crippen LogP contribution in [0.3, 0.4) is 0 Å². The van der Waals surface area contributed by atoms with E-state index in [1.54, 1.807) is 5.38 Å². The molecular formula is C20H24N2O4S. The zero-order valence-electron chi connectivity index (χ0n) is 15.4. The summed E-state index contributed by atoms with van der Waals surface area (Å²) in [6.45, 7) is 0.388. The highest BCUT2D eigenvalue weighted by atomic mass is 32.1. The molecule has 27 heavy (non-hydrogen) atoms. The standard InChI is InChI=1S/C20H24N2O4S/c1-25-20(24)17-14-27-18(21-17)12-22(15-8-4-2-5-9-15)19(23)13-26-16-10-6-3-7-11-16/h3,6-7,10-11,14-15H,2,4-5,8-9,12-13H2,1H3. The summed E-state index contributed by atoms with van der Waals surface area (Å²) in [5.74, 6) is 0.165. The molecule has 1 aliphatic carbocycles. The first-order valence-electron chi connectivity index (χ1n) is 9.17. The van der Waals surface area contributed by atoms with Crippen LogP contribution in [0.5, 0.6) is 5.75 Å². The lowest BCUT2D eigenvalue weighted by Gasteiger charge is -2.33. The number of carbonyl (C=O) groups excluding carboxylic acids is 2. The van der Waals surface area contributed by atoms with Crippen LogP contribution < -0.4 is 4.74 Å². The fourth-order valence-electron chi connectivity index (χ4n) is 3.29. The molecule has 1 fully saturated rings. The van der Waals surface area contributed by atoms with Crippen LogP contribution in [-0.4, -0.2) is 41.5 Å². The second-order valence-corrected chi connectivity index (χ2v) is 7.48. The minimum Gasteiger partial charge on any atom is -0.484 e. The van der Waals surface area contributed by atoms with Crippen LogP contribution in [-0.2, 0) is 16.1 Å². The molecule has 0 radical (unpaired) electrons. The topological polar surface area (TPSA) is 68.7 Å². The van der Waals surface area contributed by atoms with Crippen molar-refractivity contribution in [2.75, 3.05) is 13.7 Å². The molecule has 1 heterocycles. The summed E-state index contributed by atoms with van der Waals surface area (Å²) < 4.78 is 10.4. The minimum atomic E-state index is -0.458. The van der Waals surface area contributed by atoms with Crippen molar-refractivity contribution in [2.45, 2.75) is 44.7 Å². The molecular weight excluding hydrogens is 364 g/mol. The number of benzene rings is 1. The van der Waals surface area contributed by atoms with E-state index in [9.17, 15) is 9.59 Å². The smallest absolute Gasteiger partial charge is 0.357 e. The first-order valence-corrected chi connectivity index (χ1v) is 10.1. The molecule has 0 N–H and O–H groups in total. The first kappa shape index (κ1) is 19.4. The van der Waals surface area contributed by atoms with Gasteiger partial charge in [0.2, 0.25) is 0 Å². The van der Waals surface area contributed by atoms with Crippen LogP contribution in [0.1, 0.15) is 47.6 Å². The molecule has 0 spiro atoms. The molecule has 6 nitrogen and oxygen atoms in total. The highest BCUT2D eigenvalue weighted by Gasteiger charge is 2.27. The van der Waals surface area contributed by atoms with Gasteiger partial charge < -0.3 is 14.4 Å². The molecule has 0 atom stereocenters. The van der Waals surface area contributed by atoms with Crippen molar-refractivity contribution in [3.63, 3.8) is 0 Å². The largest absolute Gasteiger partial charge is 0.484 e. The number of ether oxygens (including phenoxy) is 2. The van der Waals surface area contributed by atoms with Crippen LogP contribution in [0.2, 0.25) is 0 Å². The summed E-state index contributed by atoms with van der Waals surface area (Å²) >= 11 is 1.37. The van der Waals surface area contributed by atoms with E-state index in [2.05, 4.69) is 4.98 Å². The molecule has 1 aromatic carbocycles. The van der Waals surface area contributed by atoms with Gasteiger partial charge in [0.15, 0.2) is 12.3 Å². The number of amides is 1. The summed E-state index contributed by atoms with van der Waals surface area (Å²) in [5, 5.41) is 2.40. The Bertz CT molecular complexity index is 756.